The number of aromatic hydroxyl groups is 1. The normalized spacial score (nSPS) is 13.2. The molecule has 120 valence electrons. The summed E-state index contributed by atoms with van der Waals surface area (Å²) < 4.78 is 20.5. The zero-order valence-corrected chi connectivity index (χ0v) is 13.5. The van der Waals surface area contributed by atoms with Gasteiger partial charge in [0.1, 0.15) is 0 Å². The number of hydrogen-bond donors (Lipinski definition) is 2. The van der Waals surface area contributed by atoms with E-state index in [2.05, 4.69) is 10.1 Å². The van der Waals surface area contributed by atoms with Gasteiger partial charge in [-0.1, -0.05) is 12.1 Å². The van der Waals surface area contributed by atoms with Crippen molar-refractivity contribution in [3.63, 3.8) is 0 Å². The summed E-state index contributed by atoms with van der Waals surface area (Å²) in [5, 5.41) is 23.3. The predicted octanol–water partition coefficient (Wildman–Crippen LogP) is 2.55. The van der Waals surface area contributed by atoms with Gasteiger partial charge in [-0.2, -0.15) is 15.0 Å². The van der Waals surface area contributed by atoms with Crippen LogP contribution in [-0.4, -0.2) is 30.3 Å². The number of nitriles is 1. The summed E-state index contributed by atoms with van der Waals surface area (Å²) in [4.78, 5) is 4.42. The van der Waals surface area contributed by atoms with Gasteiger partial charge < -0.3 is 5.11 Å². The van der Waals surface area contributed by atoms with Gasteiger partial charge in [-0.3, -0.25) is 0 Å². The van der Waals surface area contributed by atoms with Gasteiger partial charge in [0.15, 0.2) is 5.82 Å². The first kappa shape index (κ1) is 15.7. The van der Waals surface area contributed by atoms with Crippen molar-refractivity contribution in [2.45, 2.75) is 4.90 Å². The molecule has 0 spiro atoms. The highest BCUT2D eigenvalue weighted by atomic mass is 32.2. The molecule has 0 aliphatic rings. The van der Waals surface area contributed by atoms with Crippen LogP contribution in [-0.2, 0) is 9.73 Å². The minimum Gasteiger partial charge on any atom is -0.493 e. The molecule has 0 radical (unpaired) electrons. The molecule has 1 atom stereocenters. The second-order valence-corrected chi connectivity index (χ2v) is 7.34. The van der Waals surface area contributed by atoms with E-state index in [9.17, 15) is 9.32 Å². The number of rotatable bonds is 3. The lowest BCUT2D eigenvalue weighted by molar-refractivity contribution is 0.433. The standard InChI is InChI=1S/C16H13N5O2S/c1-24(18,23)13-6-7-15(19-9-13)21-16(22)14(10-20-21)12-4-2-11(8-17)3-5-12/h2-7,9-10,18,22H,1H3. The van der Waals surface area contributed by atoms with Crippen molar-refractivity contribution in [1.82, 2.24) is 14.8 Å². The van der Waals surface area contributed by atoms with Crippen LogP contribution in [0.5, 0.6) is 5.88 Å². The number of benzene rings is 1. The van der Waals surface area contributed by atoms with Gasteiger partial charge in [0.05, 0.1) is 38.0 Å². The van der Waals surface area contributed by atoms with Crippen LogP contribution < -0.4 is 0 Å². The fourth-order valence-corrected chi connectivity index (χ4v) is 2.75. The maximum Gasteiger partial charge on any atom is 0.223 e. The van der Waals surface area contributed by atoms with Gasteiger partial charge in [-0.25, -0.2) is 14.0 Å². The van der Waals surface area contributed by atoms with E-state index in [0.29, 0.717) is 21.8 Å². The van der Waals surface area contributed by atoms with E-state index in [1.165, 1.54) is 29.4 Å². The van der Waals surface area contributed by atoms with Crippen molar-refractivity contribution in [3.8, 4) is 28.9 Å². The first-order valence-electron chi connectivity index (χ1n) is 6.88. The Morgan fingerprint density at radius 3 is 2.46 bits per heavy atom. The lowest BCUT2D eigenvalue weighted by atomic mass is 10.1. The average Bonchev–Trinajstić information content (AvgIpc) is 2.96. The number of aromatic nitrogens is 3. The summed E-state index contributed by atoms with van der Waals surface area (Å²) >= 11 is 0. The molecule has 8 heteroatoms. The zero-order chi connectivity index (χ0) is 17.3. The number of pyridine rings is 1. The predicted molar refractivity (Wildman–Crippen MR) is 88.2 cm³/mol. The molecule has 2 heterocycles. The largest absolute Gasteiger partial charge is 0.493 e. The highest BCUT2D eigenvalue weighted by Crippen LogP contribution is 2.30. The third-order valence-corrected chi connectivity index (χ3v) is 4.60. The summed E-state index contributed by atoms with van der Waals surface area (Å²) in [6, 6.07) is 11.9. The van der Waals surface area contributed by atoms with Crippen molar-refractivity contribution in [2.24, 2.45) is 0 Å². The third-order valence-electron chi connectivity index (χ3n) is 3.46. The molecule has 3 aromatic rings. The Bertz CT molecular complexity index is 1030. The molecule has 0 fully saturated rings. The minimum atomic E-state index is -2.84. The van der Waals surface area contributed by atoms with Gasteiger partial charge >= 0.3 is 0 Å². The maximum absolute atomic E-state index is 11.7. The molecule has 2 N–H and O–H groups in total. The van der Waals surface area contributed by atoms with Crippen molar-refractivity contribution >= 4 is 9.73 Å². The molecule has 0 aliphatic heterocycles. The van der Waals surface area contributed by atoms with Crippen LogP contribution in [0.3, 0.4) is 0 Å². The molecule has 0 saturated carbocycles. The van der Waals surface area contributed by atoms with Crippen LogP contribution in [0, 0.1) is 16.1 Å². The Kier molecular flexibility index (Phi) is 3.79. The van der Waals surface area contributed by atoms with Crippen LogP contribution in [0.25, 0.3) is 16.9 Å². The fourth-order valence-electron chi connectivity index (χ4n) is 2.17. The Balaban J connectivity index is 1.99. The number of nitrogens with zero attached hydrogens (tertiary/aromatic N) is 4. The van der Waals surface area contributed by atoms with Crippen molar-refractivity contribution in [1.29, 1.82) is 10.0 Å². The highest BCUT2D eigenvalue weighted by Gasteiger charge is 2.14. The molecular weight excluding hydrogens is 326 g/mol. The lowest BCUT2D eigenvalue weighted by Crippen LogP contribution is -2.01. The Labute approximate surface area is 138 Å². The van der Waals surface area contributed by atoms with Crippen LogP contribution in [0.1, 0.15) is 5.56 Å². The Hall–Kier alpha value is -3.18. The Morgan fingerprint density at radius 2 is 1.92 bits per heavy atom. The second-order valence-electron chi connectivity index (χ2n) is 5.18. The Morgan fingerprint density at radius 1 is 1.21 bits per heavy atom. The van der Waals surface area contributed by atoms with Gasteiger partial charge in [-0.15, -0.1) is 0 Å². The molecule has 1 unspecified atom stereocenters. The monoisotopic (exact) mass is 339 g/mol. The average molecular weight is 339 g/mol. The first-order valence-corrected chi connectivity index (χ1v) is 8.84. The lowest BCUT2D eigenvalue weighted by Gasteiger charge is -2.05. The van der Waals surface area contributed by atoms with E-state index in [1.54, 1.807) is 30.3 Å². The van der Waals surface area contributed by atoms with Crippen molar-refractivity contribution in [2.75, 3.05) is 6.26 Å². The molecule has 2 aromatic heterocycles. The molecular formula is C16H13N5O2S. The smallest absolute Gasteiger partial charge is 0.223 e. The zero-order valence-electron chi connectivity index (χ0n) is 12.7. The topological polar surface area (TPSA) is 116 Å². The first-order chi connectivity index (χ1) is 11.4. The molecule has 0 saturated heterocycles. The van der Waals surface area contributed by atoms with Crippen LogP contribution in [0.2, 0.25) is 0 Å². The summed E-state index contributed by atoms with van der Waals surface area (Å²) in [6.45, 7) is 0. The van der Waals surface area contributed by atoms with E-state index in [4.69, 9.17) is 10.0 Å². The minimum absolute atomic E-state index is 0.0944. The molecule has 3 rings (SSSR count). The third kappa shape index (κ3) is 2.85. The van der Waals surface area contributed by atoms with E-state index in [0.717, 1.165) is 5.56 Å². The summed E-state index contributed by atoms with van der Waals surface area (Å²) in [5.41, 5.74) is 1.75. The van der Waals surface area contributed by atoms with E-state index < -0.39 is 9.73 Å². The molecule has 0 aliphatic carbocycles. The van der Waals surface area contributed by atoms with Gasteiger partial charge in [-0.05, 0) is 29.8 Å². The molecule has 1 aromatic carbocycles. The van der Waals surface area contributed by atoms with Gasteiger partial charge in [0, 0.05) is 12.5 Å². The van der Waals surface area contributed by atoms with Crippen molar-refractivity contribution in [3.05, 3.63) is 54.4 Å². The van der Waals surface area contributed by atoms with Crippen LogP contribution in [0.4, 0.5) is 0 Å². The summed E-state index contributed by atoms with van der Waals surface area (Å²) in [5.74, 6) is 0.253. The maximum atomic E-state index is 11.7. The molecule has 0 bridgehead atoms. The van der Waals surface area contributed by atoms with E-state index in [1.807, 2.05) is 6.07 Å². The quantitative estimate of drug-likeness (QED) is 0.761. The molecule has 0 amide bonds. The van der Waals surface area contributed by atoms with Gasteiger partial charge in [0.2, 0.25) is 5.88 Å². The van der Waals surface area contributed by atoms with Crippen LogP contribution >= 0.6 is 0 Å². The molecule has 7 nitrogen and oxygen atoms in total. The highest BCUT2D eigenvalue weighted by molar-refractivity contribution is 7.91. The molecule has 24 heavy (non-hydrogen) atoms. The van der Waals surface area contributed by atoms with Gasteiger partial charge in [0.25, 0.3) is 0 Å². The fraction of sp³-hybridized carbons (Fsp3) is 0.0625. The SMILES string of the molecule is CS(=N)(=O)c1ccc(-n2ncc(-c3ccc(C#N)cc3)c2O)nc1. The number of hydrogen-bond acceptors (Lipinski definition) is 6. The number of nitrogens with one attached hydrogen (secondary N) is 1. The van der Waals surface area contributed by atoms with Crippen LogP contribution in [0.15, 0.2) is 53.7 Å². The van der Waals surface area contributed by atoms with E-state index >= 15 is 0 Å². The summed E-state index contributed by atoms with van der Waals surface area (Å²) in [6.07, 6.45) is 4.16. The van der Waals surface area contributed by atoms with E-state index in [-0.39, 0.29) is 5.88 Å². The van der Waals surface area contributed by atoms with Crippen molar-refractivity contribution < 1.29 is 9.32 Å². The second kappa shape index (κ2) is 5.79. The summed E-state index contributed by atoms with van der Waals surface area (Å²) in [7, 11) is -2.84.